The Labute approximate surface area is 154 Å². The number of nitrogens with zero attached hydrogens (tertiary/aromatic N) is 2. The van der Waals surface area contributed by atoms with E-state index in [4.69, 9.17) is 0 Å². The molecule has 4 nitrogen and oxygen atoms in total. The highest BCUT2D eigenvalue weighted by atomic mass is 16.0. The summed E-state index contributed by atoms with van der Waals surface area (Å²) < 4.78 is 2.42. The zero-order valence-electron chi connectivity index (χ0n) is 18.3. The summed E-state index contributed by atoms with van der Waals surface area (Å²) in [6.45, 7) is 15.0. The Bertz CT molecular complexity index is 185. The molecule has 0 heterocycles. The Hall–Kier alpha value is -0.160. The van der Waals surface area contributed by atoms with Crippen molar-refractivity contribution in [2.75, 3.05) is 54.4 Å². The van der Waals surface area contributed by atoms with Crippen molar-refractivity contribution >= 4 is 0 Å². The van der Waals surface area contributed by atoms with Gasteiger partial charge in [0.25, 0.3) is 0 Å². The van der Waals surface area contributed by atoms with Crippen LogP contribution in [0.5, 0.6) is 0 Å². The molecule has 0 aromatic heterocycles. The first-order valence-corrected chi connectivity index (χ1v) is 9.88. The molecule has 0 spiro atoms. The fraction of sp³-hybridized carbons (Fsp3) is 1.00. The van der Waals surface area contributed by atoms with Crippen molar-refractivity contribution in [2.45, 2.75) is 79.1 Å². The summed E-state index contributed by atoms with van der Waals surface area (Å²) in [5.74, 6) is 0. The molecule has 0 saturated heterocycles. The maximum atomic E-state index is 2.33. The van der Waals surface area contributed by atoms with Gasteiger partial charge in [-0.1, -0.05) is 53.4 Å². The van der Waals surface area contributed by atoms with E-state index in [9.17, 15) is 0 Å². The van der Waals surface area contributed by atoms with Crippen LogP contribution in [0.2, 0.25) is 0 Å². The van der Waals surface area contributed by atoms with E-state index in [-0.39, 0.29) is 11.0 Å². The average Bonchev–Trinajstić information content (AvgIpc) is 2.44. The van der Waals surface area contributed by atoms with Crippen LogP contribution >= 0.6 is 0 Å². The highest BCUT2D eigenvalue weighted by molar-refractivity contribution is 4.49. The summed E-state index contributed by atoms with van der Waals surface area (Å²) >= 11 is 0. The zero-order valence-corrected chi connectivity index (χ0v) is 18.3. The fourth-order valence-electron chi connectivity index (χ4n) is 2.64. The number of hydrogen-bond donors (Lipinski definition) is 0. The minimum absolute atomic E-state index is 0. The van der Waals surface area contributed by atoms with Gasteiger partial charge in [-0.25, -0.2) is 0 Å². The summed E-state index contributed by atoms with van der Waals surface area (Å²) in [6, 6.07) is 0. The largest absolute Gasteiger partial charge is 0.870 e. The van der Waals surface area contributed by atoms with Gasteiger partial charge in [-0.2, -0.15) is 0 Å². The van der Waals surface area contributed by atoms with Gasteiger partial charge in [-0.3, -0.25) is 0 Å². The molecule has 0 fully saturated rings. The van der Waals surface area contributed by atoms with Gasteiger partial charge in [0.2, 0.25) is 0 Å². The van der Waals surface area contributed by atoms with Crippen molar-refractivity contribution in [1.82, 2.24) is 0 Å². The molecule has 0 bridgehead atoms. The summed E-state index contributed by atoms with van der Waals surface area (Å²) in [5.41, 5.74) is 0. The summed E-state index contributed by atoms with van der Waals surface area (Å²) in [7, 11) is 8.50. The molecule has 0 unspecified atom stereocenters. The van der Waals surface area contributed by atoms with Crippen LogP contribution in [0, 0.1) is 0 Å². The Morgan fingerprint density at radius 1 is 0.458 bits per heavy atom. The number of hydrogen-bond acceptors (Lipinski definition) is 2. The van der Waals surface area contributed by atoms with Gasteiger partial charge >= 0.3 is 0 Å². The van der Waals surface area contributed by atoms with Crippen molar-refractivity contribution in [1.29, 1.82) is 0 Å². The van der Waals surface area contributed by atoms with Crippen molar-refractivity contribution in [3.8, 4) is 0 Å². The van der Waals surface area contributed by atoms with Gasteiger partial charge in [0.15, 0.2) is 0 Å². The highest BCUT2D eigenvalue weighted by Crippen LogP contribution is 2.16. The second-order valence-electron chi connectivity index (χ2n) is 8.33. The van der Waals surface area contributed by atoms with Crippen LogP contribution in [-0.2, 0) is 0 Å². The van der Waals surface area contributed by atoms with E-state index in [2.05, 4.69) is 55.9 Å². The summed E-state index contributed by atoms with van der Waals surface area (Å²) in [5, 5.41) is 0. The Morgan fingerprint density at radius 2 is 0.625 bits per heavy atom. The van der Waals surface area contributed by atoms with E-state index in [1.54, 1.807) is 0 Å². The highest BCUT2D eigenvalue weighted by Gasteiger charge is 2.24. The number of unbranched alkanes of at least 4 members (excludes halogenated alkanes) is 4. The first-order valence-electron chi connectivity index (χ1n) is 9.88. The molecule has 24 heavy (non-hydrogen) atoms. The SMILES string of the molecule is CCCC[N+](CCCC)(CCCC)CCCC.C[N+](C)(C)C.[OH-].[OH-]. The second-order valence-corrected chi connectivity index (χ2v) is 8.33. The molecule has 0 rings (SSSR count). The van der Waals surface area contributed by atoms with Crippen LogP contribution < -0.4 is 0 Å². The number of rotatable bonds is 12. The van der Waals surface area contributed by atoms with Gasteiger partial charge in [0.05, 0.1) is 54.4 Å². The van der Waals surface area contributed by atoms with Crippen LogP contribution in [0.15, 0.2) is 0 Å². The fourth-order valence-corrected chi connectivity index (χ4v) is 2.64. The van der Waals surface area contributed by atoms with Crippen LogP contribution in [0.25, 0.3) is 0 Å². The topological polar surface area (TPSA) is 60.0 Å². The Balaban J connectivity index is -0.000000250. The maximum Gasteiger partial charge on any atom is 0.0786 e. The van der Waals surface area contributed by atoms with E-state index in [1.807, 2.05) is 0 Å². The molecule has 2 N–H and O–H groups in total. The normalized spacial score (nSPS) is 11.0. The molecule has 0 aliphatic heterocycles. The van der Waals surface area contributed by atoms with E-state index in [1.165, 1.54) is 82.0 Å². The predicted molar refractivity (Wildman–Crippen MR) is 107 cm³/mol. The second kappa shape index (κ2) is 19.2. The molecule has 0 atom stereocenters. The molecular formula is C20H50N2O2. The maximum absolute atomic E-state index is 2.33. The monoisotopic (exact) mass is 350 g/mol. The third kappa shape index (κ3) is 24.1. The molecule has 0 aromatic rings. The van der Waals surface area contributed by atoms with Gasteiger partial charge in [0.1, 0.15) is 0 Å². The lowest BCUT2D eigenvalue weighted by molar-refractivity contribution is -0.929. The molecule has 0 amide bonds. The quantitative estimate of drug-likeness (QED) is 0.466. The average molecular weight is 351 g/mol. The molecular weight excluding hydrogens is 300 g/mol. The van der Waals surface area contributed by atoms with Crippen LogP contribution in [0.3, 0.4) is 0 Å². The van der Waals surface area contributed by atoms with E-state index in [0.717, 1.165) is 4.48 Å². The molecule has 0 aliphatic carbocycles. The third-order valence-electron chi connectivity index (χ3n) is 3.94. The lowest BCUT2D eigenvalue weighted by Crippen LogP contribution is -2.50. The van der Waals surface area contributed by atoms with Crippen LogP contribution in [0.1, 0.15) is 79.1 Å². The van der Waals surface area contributed by atoms with E-state index < -0.39 is 0 Å². The van der Waals surface area contributed by atoms with E-state index in [0.29, 0.717) is 0 Å². The van der Waals surface area contributed by atoms with Gasteiger partial charge in [-0.05, 0) is 25.7 Å². The zero-order chi connectivity index (χ0) is 17.5. The molecule has 0 saturated carbocycles. The molecule has 0 aromatic carbocycles. The molecule has 0 aliphatic rings. The lowest BCUT2D eigenvalue weighted by Gasteiger charge is -2.39. The third-order valence-corrected chi connectivity index (χ3v) is 3.94. The standard InChI is InChI=1S/C16H36N.C4H12N.2H2O/c1-5-9-13-17(14-10-6-2,15-11-7-3)16-12-8-4;1-5(2,3)4;;/h5-16H2,1-4H3;1-4H3;2*1H2/q2*+1;;/p-2. The predicted octanol–water partition coefficient (Wildman–Crippen LogP) is 4.97. The van der Waals surface area contributed by atoms with Crippen LogP contribution in [0.4, 0.5) is 0 Å². The lowest BCUT2D eigenvalue weighted by atomic mass is 10.1. The van der Waals surface area contributed by atoms with Crippen molar-refractivity contribution in [3.63, 3.8) is 0 Å². The van der Waals surface area contributed by atoms with Gasteiger partial charge in [0, 0.05) is 0 Å². The molecule has 4 heteroatoms. The first-order chi connectivity index (χ1) is 10.2. The minimum atomic E-state index is 0. The smallest absolute Gasteiger partial charge is 0.0786 e. The summed E-state index contributed by atoms with van der Waals surface area (Å²) in [6.07, 6.45) is 11.1. The van der Waals surface area contributed by atoms with Crippen molar-refractivity contribution in [2.24, 2.45) is 0 Å². The summed E-state index contributed by atoms with van der Waals surface area (Å²) in [4.78, 5) is 0. The number of quaternary nitrogens is 2. The van der Waals surface area contributed by atoms with Gasteiger partial charge < -0.3 is 19.9 Å². The first kappa shape index (κ1) is 31.6. The van der Waals surface area contributed by atoms with E-state index >= 15 is 0 Å². The van der Waals surface area contributed by atoms with Crippen molar-refractivity contribution < 1.29 is 19.9 Å². The Kier molecular flexibility index (Phi) is 25.2. The molecule has 0 radical (unpaired) electrons. The molecule has 152 valence electrons. The van der Waals surface area contributed by atoms with Crippen molar-refractivity contribution in [3.05, 3.63) is 0 Å². The minimum Gasteiger partial charge on any atom is -0.870 e. The van der Waals surface area contributed by atoms with Gasteiger partial charge in [-0.15, -0.1) is 0 Å². The van der Waals surface area contributed by atoms with Crippen LogP contribution in [-0.4, -0.2) is 74.3 Å². The Morgan fingerprint density at radius 3 is 0.750 bits per heavy atom.